The number of nitrogens with one attached hydrogen (secondary N) is 3. The molecule has 0 aliphatic carbocycles. The van der Waals surface area contributed by atoms with Crippen molar-refractivity contribution < 1.29 is 19.2 Å². The van der Waals surface area contributed by atoms with Gasteiger partial charge >= 0.3 is 5.76 Å². The summed E-state index contributed by atoms with van der Waals surface area (Å²) >= 11 is 12.4. The molecule has 152 valence electrons. The number of carbonyl (C=O) groups excluding carboxylic acids is 1. The van der Waals surface area contributed by atoms with Crippen molar-refractivity contribution >= 4 is 34.8 Å². The Bertz CT molecular complexity index is 1150. The number of benzene rings is 1. The fraction of sp³-hybridized carbons (Fsp3) is 0.188. The number of anilines is 1. The lowest BCUT2D eigenvalue weighted by atomic mass is 10.1. The second kappa shape index (κ2) is 8.47. The second-order valence-corrected chi connectivity index (χ2v) is 6.50. The maximum Gasteiger partial charge on any atom is 0.439 e. The van der Waals surface area contributed by atoms with Gasteiger partial charge in [0, 0.05) is 11.8 Å². The average molecular weight is 442 g/mol. The Morgan fingerprint density at radius 1 is 1.31 bits per heavy atom. The van der Waals surface area contributed by atoms with Crippen LogP contribution in [0.4, 0.5) is 5.69 Å². The van der Waals surface area contributed by atoms with Gasteiger partial charge in [0.2, 0.25) is 11.7 Å². The lowest BCUT2D eigenvalue weighted by Crippen LogP contribution is -2.17. The third kappa shape index (κ3) is 4.65. The number of ether oxygens (including phenoxy) is 1. The molecule has 3 rings (SSSR count). The maximum absolute atomic E-state index is 12.0. The first-order valence-electron chi connectivity index (χ1n) is 8.10. The summed E-state index contributed by atoms with van der Waals surface area (Å²) in [7, 11) is 0. The highest BCUT2D eigenvalue weighted by Crippen LogP contribution is 2.38. The van der Waals surface area contributed by atoms with Crippen molar-refractivity contribution in [3.63, 3.8) is 0 Å². The zero-order valence-corrected chi connectivity index (χ0v) is 16.2. The van der Waals surface area contributed by atoms with Gasteiger partial charge in [-0.3, -0.25) is 19.1 Å². The first kappa shape index (κ1) is 20.6. The minimum Gasteiger partial charge on any atom is -0.434 e. The number of aromatic amines is 2. The summed E-state index contributed by atoms with van der Waals surface area (Å²) in [5, 5.41) is 21.6. The minimum absolute atomic E-state index is 0.0117. The van der Waals surface area contributed by atoms with Crippen LogP contribution in [0.1, 0.15) is 35.6 Å². The Hall–Kier alpha value is -3.15. The van der Waals surface area contributed by atoms with Crippen molar-refractivity contribution in [2.75, 3.05) is 5.32 Å². The van der Waals surface area contributed by atoms with Crippen molar-refractivity contribution in [3.05, 3.63) is 60.5 Å². The van der Waals surface area contributed by atoms with Crippen LogP contribution in [0.3, 0.4) is 0 Å². The van der Waals surface area contributed by atoms with Crippen molar-refractivity contribution in [1.82, 2.24) is 20.3 Å². The van der Waals surface area contributed by atoms with Crippen molar-refractivity contribution in [3.8, 4) is 11.6 Å². The molecule has 0 saturated carbocycles. The van der Waals surface area contributed by atoms with Gasteiger partial charge in [0.05, 0.1) is 21.7 Å². The first-order valence-corrected chi connectivity index (χ1v) is 8.86. The summed E-state index contributed by atoms with van der Waals surface area (Å²) in [6.07, 6.45) is -0.672. The van der Waals surface area contributed by atoms with Crippen LogP contribution >= 0.6 is 23.2 Å². The summed E-state index contributed by atoms with van der Waals surface area (Å²) in [5.41, 5.74) is -0.277. The Labute approximate surface area is 171 Å². The van der Waals surface area contributed by atoms with E-state index >= 15 is 0 Å². The van der Waals surface area contributed by atoms with Gasteiger partial charge in [-0.2, -0.15) is 0 Å². The van der Waals surface area contributed by atoms with Crippen LogP contribution in [0.5, 0.6) is 11.6 Å². The van der Waals surface area contributed by atoms with Crippen LogP contribution < -0.4 is 21.4 Å². The quantitative estimate of drug-likeness (QED) is 0.452. The minimum atomic E-state index is -0.990. The van der Waals surface area contributed by atoms with Crippen molar-refractivity contribution in [2.45, 2.75) is 19.4 Å². The molecule has 0 saturated heterocycles. The normalized spacial score (nSPS) is 11.9. The van der Waals surface area contributed by atoms with Crippen LogP contribution in [0.15, 0.2) is 32.3 Å². The van der Waals surface area contributed by atoms with E-state index in [1.54, 1.807) is 6.92 Å². The smallest absolute Gasteiger partial charge is 0.434 e. The Morgan fingerprint density at radius 2 is 2.00 bits per heavy atom. The number of aliphatic hydroxyl groups is 1. The van der Waals surface area contributed by atoms with Crippen molar-refractivity contribution in [2.24, 2.45) is 0 Å². The first-order chi connectivity index (χ1) is 13.8. The summed E-state index contributed by atoms with van der Waals surface area (Å²) in [6, 6.07) is 3.95. The third-order valence-electron chi connectivity index (χ3n) is 3.67. The molecule has 13 heteroatoms. The standard InChI is InChI=1S/C16H13Cl2N5O6/c1-2-10(24)7-5-11(21-22-14(7)25)28-12-8(17)3-6(4-9(12)18)19-15(26)13-20-16(27)29-23-13/h3-5,10,24H,2H2,1H3,(H,19,26)(H,22,25)(H,20,23,27)/t10-/m0/s1. The van der Waals surface area contributed by atoms with E-state index in [0.29, 0.717) is 6.42 Å². The molecule has 11 nitrogen and oxygen atoms in total. The monoisotopic (exact) mass is 441 g/mol. The fourth-order valence-electron chi connectivity index (χ4n) is 2.27. The number of halogens is 2. The predicted octanol–water partition coefficient (Wildman–Crippen LogP) is 2.24. The van der Waals surface area contributed by atoms with Gasteiger partial charge in [0.15, 0.2) is 5.75 Å². The molecular formula is C16H13Cl2N5O6. The predicted molar refractivity (Wildman–Crippen MR) is 102 cm³/mol. The Kier molecular flexibility index (Phi) is 6.01. The number of rotatable bonds is 6. The molecule has 1 amide bonds. The molecule has 2 heterocycles. The Balaban J connectivity index is 1.84. The van der Waals surface area contributed by atoms with Gasteiger partial charge in [-0.1, -0.05) is 30.1 Å². The Morgan fingerprint density at radius 3 is 2.59 bits per heavy atom. The van der Waals surface area contributed by atoms with E-state index < -0.39 is 23.3 Å². The summed E-state index contributed by atoms with van der Waals surface area (Å²) in [5.74, 6) is -2.00. The zero-order valence-electron chi connectivity index (χ0n) is 14.7. The van der Waals surface area contributed by atoms with Gasteiger partial charge in [-0.05, 0) is 23.7 Å². The van der Waals surface area contributed by atoms with Gasteiger partial charge in [0.1, 0.15) is 0 Å². The van der Waals surface area contributed by atoms with E-state index in [0.717, 1.165) is 0 Å². The number of carbonyl (C=O) groups is 1. The van der Waals surface area contributed by atoms with Crippen LogP contribution in [-0.4, -0.2) is 31.4 Å². The number of nitrogens with zero attached hydrogens (tertiary/aromatic N) is 2. The van der Waals surface area contributed by atoms with E-state index in [1.165, 1.54) is 18.2 Å². The third-order valence-corrected chi connectivity index (χ3v) is 4.23. The summed E-state index contributed by atoms with van der Waals surface area (Å²) in [6.45, 7) is 1.71. The number of hydrogen-bond donors (Lipinski definition) is 4. The number of hydrogen-bond acceptors (Lipinski definition) is 8. The van der Waals surface area contributed by atoms with Gasteiger partial charge in [0.25, 0.3) is 11.5 Å². The number of amides is 1. The highest BCUT2D eigenvalue weighted by atomic mass is 35.5. The molecule has 0 spiro atoms. The summed E-state index contributed by atoms with van der Waals surface area (Å²) in [4.78, 5) is 36.8. The zero-order chi connectivity index (χ0) is 21.1. The number of aromatic nitrogens is 4. The van der Waals surface area contributed by atoms with Crippen LogP contribution in [0, 0.1) is 0 Å². The molecule has 0 unspecified atom stereocenters. The highest BCUT2D eigenvalue weighted by molar-refractivity contribution is 6.37. The molecule has 0 radical (unpaired) electrons. The molecule has 0 fully saturated rings. The maximum atomic E-state index is 12.0. The number of H-pyrrole nitrogens is 2. The molecule has 0 bridgehead atoms. The van der Waals surface area contributed by atoms with E-state index in [4.69, 9.17) is 27.9 Å². The molecule has 1 aromatic carbocycles. The SMILES string of the molecule is CC[C@H](O)c1cc(Oc2c(Cl)cc(NC(=O)c3noc(=O)[nH]3)cc2Cl)n[nH]c1=O. The van der Waals surface area contributed by atoms with Gasteiger partial charge < -0.3 is 15.2 Å². The van der Waals surface area contributed by atoms with E-state index in [-0.39, 0.29) is 38.8 Å². The van der Waals surface area contributed by atoms with Crippen molar-refractivity contribution in [1.29, 1.82) is 0 Å². The lowest BCUT2D eigenvalue weighted by molar-refractivity contribution is 0.101. The van der Waals surface area contributed by atoms with Crippen LogP contribution in [0.2, 0.25) is 10.0 Å². The van der Waals surface area contributed by atoms with E-state index in [2.05, 4.69) is 30.2 Å². The molecule has 4 N–H and O–H groups in total. The average Bonchev–Trinajstić information content (AvgIpc) is 3.12. The highest BCUT2D eigenvalue weighted by Gasteiger charge is 2.17. The summed E-state index contributed by atoms with van der Waals surface area (Å²) < 4.78 is 9.79. The van der Waals surface area contributed by atoms with Crippen LogP contribution in [-0.2, 0) is 0 Å². The van der Waals surface area contributed by atoms with Gasteiger partial charge in [-0.25, -0.2) is 9.89 Å². The molecule has 0 aliphatic heterocycles. The van der Waals surface area contributed by atoms with Gasteiger partial charge in [-0.15, -0.1) is 5.10 Å². The van der Waals surface area contributed by atoms with E-state index in [1.807, 2.05) is 0 Å². The molecule has 2 aromatic heterocycles. The number of aliphatic hydroxyl groups excluding tert-OH is 1. The molecule has 0 aliphatic rings. The van der Waals surface area contributed by atoms with Crippen LogP contribution in [0.25, 0.3) is 0 Å². The molecule has 3 aromatic rings. The lowest BCUT2D eigenvalue weighted by Gasteiger charge is -2.12. The largest absolute Gasteiger partial charge is 0.439 e. The topological polar surface area (TPSA) is 163 Å². The second-order valence-electron chi connectivity index (χ2n) is 5.68. The molecule has 29 heavy (non-hydrogen) atoms. The fourth-order valence-corrected chi connectivity index (χ4v) is 2.84. The molecule has 1 atom stereocenters. The van der Waals surface area contributed by atoms with E-state index in [9.17, 15) is 19.5 Å². The molecular weight excluding hydrogens is 429 g/mol.